The number of benzene rings is 2. The number of piperidine rings is 4. The zero-order chi connectivity index (χ0) is 51.0. The Morgan fingerprint density at radius 1 is 0.811 bits per heavy atom. The molecule has 15 nitrogen and oxygen atoms in total. The summed E-state index contributed by atoms with van der Waals surface area (Å²) in [6, 6.07) is 15.9. The second-order valence-electron chi connectivity index (χ2n) is 24.1. The summed E-state index contributed by atoms with van der Waals surface area (Å²) in [5.74, 6) is 1.35. The fraction of sp³-hybridized carbons (Fsp3) is 0.610. The maximum Gasteiger partial charge on any atom is 0.238 e. The number of pyridine rings is 1. The van der Waals surface area contributed by atoms with Crippen LogP contribution in [0.5, 0.6) is 5.75 Å². The van der Waals surface area contributed by atoms with Crippen LogP contribution >= 0.6 is 0 Å². The lowest BCUT2D eigenvalue weighted by Crippen LogP contribution is -2.59. The highest BCUT2D eigenvalue weighted by Crippen LogP contribution is 2.53. The fourth-order valence-corrected chi connectivity index (χ4v) is 13.9. The minimum atomic E-state index is -0.686. The number of amides is 5. The number of fused-ring (bicyclic) bond motifs is 3. The molecular formula is C59H75N9O6. The van der Waals surface area contributed by atoms with E-state index in [-0.39, 0.29) is 59.6 Å². The molecule has 8 aliphatic rings. The van der Waals surface area contributed by atoms with Crippen molar-refractivity contribution in [2.24, 2.45) is 11.3 Å². The first-order chi connectivity index (χ1) is 35.7. The van der Waals surface area contributed by atoms with E-state index in [1.807, 2.05) is 41.2 Å². The van der Waals surface area contributed by atoms with Gasteiger partial charge in [0.05, 0.1) is 35.0 Å². The molecule has 15 heteroatoms. The normalized spacial score (nSPS) is 27.1. The van der Waals surface area contributed by atoms with E-state index in [1.165, 1.54) is 19.3 Å². The SMILES string of the molecule is Cc1cc(C2CCC(=O)NC2=O)ccc1OC1CCC(C(=O)N2CCC(C)(C(=O)N3CCC4(CC3)C(=O)N(C3CC(N5CCCCC5)C3)c3cc(-c5cc6ncn(C(C)C)c6c(NC6CC6)n5)ccc34)CC2)CC1. The predicted octanol–water partition coefficient (Wildman–Crippen LogP) is 8.57. The summed E-state index contributed by atoms with van der Waals surface area (Å²) >= 11 is 0. The van der Waals surface area contributed by atoms with Crippen LogP contribution in [0.4, 0.5) is 11.5 Å². The summed E-state index contributed by atoms with van der Waals surface area (Å²) in [5.41, 5.74) is 6.49. The average molecular weight is 1010 g/mol. The molecule has 0 radical (unpaired) electrons. The molecule has 3 saturated carbocycles. The van der Waals surface area contributed by atoms with E-state index >= 15 is 4.79 Å². The highest BCUT2D eigenvalue weighted by molar-refractivity contribution is 6.09. The molecule has 2 N–H and O–H groups in total. The smallest absolute Gasteiger partial charge is 0.238 e. The minimum absolute atomic E-state index is 0.00991. The number of imide groups is 1. The molecule has 7 heterocycles. The lowest BCUT2D eigenvalue weighted by Gasteiger charge is -2.48. The first-order valence-corrected chi connectivity index (χ1v) is 28.3. The Hall–Kier alpha value is -5.83. The number of nitrogens with zero attached hydrogens (tertiary/aromatic N) is 7. The molecule has 1 unspecified atom stereocenters. The molecule has 74 heavy (non-hydrogen) atoms. The van der Waals surface area contributed by atoms with Crippen molar-refractivity contribution in [1.82, 2.24) is 34.6 Å². The molecule has 5 aliphatic heterocycles. The Labute approximate surface area is 435 Å². The number of likely N-dealkylation sites (tertiary alicyclic amines) is 3. The summed E-state index contributed by atoms with van der Waals surface area (Å²) in [7, 11) is 0. The second kappa shape index (κ2) is 19.4. The maximum absolute atomic E-state index is 15.3. The number of anilines is 2. The third kappa shape index (κ3) is 8.95. The molecule has 0 bridgehead atoms. The minimum Gasteiger partial charge on any atom is -0.490 e. The number of aromatic nitrogens is 3. The van der Waals surface area contributed by atoms with Crippen LogP contribution < -0.4 is 20.3 Å². The van der Waals surface area contributed by atoms with Crippen LogP contribution in [-0.4, -0.2) is 122 Å². The molecule has 1 spiro atoms. The predicted molar refractivity (Wildman–Crippen MR) is 284 cm³/mol. The van der Waals surface area contributed by atoms with Crippen molar-refractivity contribution in [2.45, 2.75) is 178 Å². The standard InChI is InChI=1S/C59H75N9O6/c1-36(2)67-35-60-48-34-47(62-53(52(48)67)61-41-12-13-41)40-10-17-46-49(31-40)68(43-32-42(33-43)64-24-6-5-7-25-64)57(73)59(46)22-28-66(29-23-59)56(72)58(4)20-26-65(27-21-58)55(71)38-8-14-44(15-9-38)74-50-18-11-39(30-37(50)3)45-16-19-51(69)63-54(45)70/h10-11,17-18,30-31,34-36,38,41-45H,5-9,12-16,19-29,32-33H2,1-4H3,(H,61,62)(H,63,69,70). The van der Waals surface area contributed by atoms with Gasteiger partial charge in [0, 0.05) is 79.4 Å². The van der Waals surface area contributed by atoms with Gasteiger partial charge >= 0.3 is 0 Å². The number of aryl methyl sites for hydroxylation is 1. The fourth-order valence-electron chi connectivity index (χ4n) is 13.9. The highest BCUT2D eigenvalue weighted by atomic mass is 16.5. The van der Waals surface area contributed by atoms with Gasteiger partial charge in [-0.25, -0.2) is 9.97 Å². The van der Waals surface area contributed by atoms with E-state index in [4.69, 9.17) is 14.7 Å². The Morgan fingerprint density at radius 2 is 1.54 bits per heavy atom. The van der Waals surface area contributed by atoms with Gasteiger partial charge in [0.25, 0.3) is 0 Å². The van der Waals surface area contributed by atoms with Crippen LogP contribution in [0.1, 0.15) is 159 Å². The van der Waals surface area contributed by atoms with Gasteiger partial charge in [0.1, 0.15) is 11.3 Å². The highest BCUT2D eigenvalue weighted by Gasteiger charge is 2.57. The Kier molecular flexibility index (Phi) is 12.9. The number of ether oxygens (including phenoxy) is 1. The second-order valence-corrected chi connectivity index (χ2v) is 24.1. The monoisotopic (exact) mass is 1010 g/mol. The van der Waals surface area contributed by atoms with Crippen molar-refractivity contribution in [3.63, 3.8) is 0 Å². The first kappa shape index (κ1) is 49.1. The van der Waals surface area contributed by atoms with Crippen LogP contribution in [0.2, 0.25) is 0 Å². The van der Waals surface area contributed by atoms with Gasteiger partial charge in [-0.2, -0.15) is 0 Å². The van der Waals surface area contributed by atoms with Crippen molar-refractivity contribution >= 4 is 52.1 Å². The number of hydrogen-bond acceptors (Lipinski definition) is 10. The molecule has 7 fully saturated rings. The first-order valence-electron chi connectivity index (χ1n) is 28.3. The van der Waals surface area contributed by atoms with Gasteiger partial charge in [-0.1, -0.05) is 37.6 Å². The van der Waals surface area contributed by atoms with Gasteiger partial charge in [-0.15, -0.1) is 0 Å². The summed E-state index contributed by atoms with van der Waals surface area (Å²) in [6.07, 6.45) is 16.4. The summed E-state index contributed by atoms with van der Waals surface area (Å²) in [4.78, 5) is 87.0. The van der Waals surface area contributed by atoms with E-state index in [0.29, 0.717) is 76.8 Å². The summed E-state index contributed by atoms with van der Waals surface area (Å²) in [5, 5.41) is 6.16. The number of carbonyl (C=O) groups excluding carboxylic acids is 5. The van der Waals surface area contributed by atoms with E-state index in [2.05, 4.69) is 70.0 Å². The van der Waals surface area contributed by atoms with Crippen molar-refractivity contribution in [3.05, 3.63) is 65.5 Å². The zero-order valence-corrected chi connectivity index (χ0v) is 44.0. The Bertz CT molecular complexity index is 2850. The number of imidazole rings is 1. The number of hydrogen-bond donors (Lipinski definition) is 2. The summed E-state index contributed by atoms with van der Waals surface area (Å²) < 4.78 is 8.66. The lowest BCUT2D eigenvalue weighted by molar-refractivity contribution is -0.150. The van der Waals surface area contributed by atoms with E-state index in [9.17, 15) is 19.2 Å². The van der Waals surface area contributed by atoms with Gasteiger partial charge < -0.3 is 34.2 Å². The quantitative estimate of drug-likeness (QED) is 0.139. The molecule has 1 atom stereocenters. The number of carbonyl (C=O) groups is 5. The van der Waals surface area contributed by atoms with Crippen LogP contribution in [0.15, 0.2) is 48.8 Å². The largest absolute Gasteiger partial charge is 0.490 e. The molecule has 12 rings (SSSR count). The zero-order valence-electron chi connectivity index (χ0n) is 44.0. The average Bonchev–Trinajstić information content (AvgIpc) is 4.07. The molecule has 3 aliphatic carbocycles. The molecule has 2 aromatic heterocycles. The molecule has 4 saturated heterocycles. The Morgan fingerprint density at radius 3 is 2.23 bits per heavy atom. The number of nitrogens with one attached hydrogen (secondary N) is 2. The van der Waals surface area contributed by atoms with Crippen LogP contribution in [0.3, 0.4) is 0 Å². The third-order valence-electron chi connectivity index (χ3n) is 18.8. The van der Waals surface area contributed by atoms with Gasteiger partial charge in [0.15, 0.2) is 5.82 Å². The van der Waals surface area contributed by atoms with Gasteiger partial charge in [-0.3, -0.25) is 29.3 Å². The molecule has 4 aromatic rings. The van der Waals surface area contributed by atoms with Crippen LogP contribution in [-0.2, 0) is 29.4 Å². The molecule has 392 valence electrons. The van der Waals surface area contributed by atoms with E-state index in [0.717, 1.165) is 121 Å². The number of rotatable bonds is 11. The van der Waals surface area contributed by atoms with E-state index < -0.39 is 10.8 Å². The molecule has 2 aromatic carbocycles. The summed E-state index contributed by atoms with van der Waals surface area (Å²) in [6.45, 7) is 12.9. The van der Waals surface area contributed by atoms with Gasteiger partial charge in [-0.05, 0) is 165 Å². The third-order valence-corrected chi connectivity index (χ3v) is 18.8. The topological polar surface area (TPSA) is 162 Å². The molecule has 5 amide bonds. The maximum atomic E-state index is 15.3. The van der Waals surface area contributed by atoms with Gasteiger partial charge in [0.2, 0.25) is 29.5 Å². The van der Waals surface area contributed by atoms with Crippen molar-refractivity contribution in [2.75, 3.05) is 49.5 Å². The van der Waals surface area contributed by atoms with Crippen molar-refractivity contribution < 1.29 is 28.7 Å². The molecular weight excluding hydrogens is 931 g/mol. The van der Waals surface area contributed by atoms with Crippen molar-refractivity contribution in [3.8, 4) is 17.0 Å². The Balaban J connectivity index is 0.692. The van der Waals surface area contributed by atoms with Crippen LogP contribution in [0, 0.1) is 18.3 Å². The van der Waals surface area contributed by atoms with Crippen molar-refractivity contribution in [1.29, 1.82) is 0 Å². The van der Waals surface area contributed by atoms with Crippen LogP contribution in [0.25, 0.3) is 22.3 Å². The lowest BCUT2D eigenvalue weighted by atomic mass is 9.72. The van der Waals surface area contributed by atoms with E-state index in [1.54, 1.807) is 0 Å².